The molecule has 0 saturated heterocycles. The molecule has 1 atom stereocenters. The van der Waals surface area contributed by atoms with Crippen LogP contribution in [0.15, 0.2) is 77.7 Å². The number of benzene rings is 3. The SMILES string of the molecule is COc1ccc2c(c1)CCCC2NC(=O)CN(c1ccc(C(C)C)cc1)S(=O)(=O)c1ccccc1. The predicted octanol–water partition coefficient (Wildman–Crippen LogP) is 5.21. The number of ether oxygens (including phenoxy) is 1. The van der Waals surface area contributed by atoms with Gasteiger partial charge in [0.2, 0.25) is 5.91 Å². The van der Waals surface area contributed by atoms with Gasteiger partial charge in [0.05, 0.1) is 23.7 Å². The third-order valence-electron chi connectivity index (χ3n) is 6.47. The summed E-state index contributed by atoms with van der Waals surface area (Å²) in [5.41, 5.74) is 3.77. The van der Waals surface area contributed by atoms with Crippen molar-refractivity contribution in [3.63, 3.8) is 0 Å². The van der Waals surface area contributed by atoms with Crippen molar-refractivity contribution >= 4 is 21.6 Å². The smallest absolute Gasteiger partial charge is 0.264 e. The maximum Gasteiger partial charge on any atom is 0.264 e. The summed E-state index contributed by atoms with van der Waals surface area (Å²) < 4.78 is 33.7. The molecular weight excluding hydrogens is 460 g/mol. The first-order valence-corrected chi connectivity index (χ1v) is 13.4. The van der Waals surface area contributed by atoms with Gasteiger partial charge in [-0.2, -0.15) is 0 Å². The lowest BCUT2D eigenvalue weighted by molar-refractivity contribution is -0.120. The molecule has 35 heavy (non-hydrogen) atoms. The first-order chi connectivity index (χ1) is 16.8. The molecule has 1 aliphatic carbocycles. The molecule has 6 nitrogen and oxygen atoms in total. The Morgan fingerprint density at radius 3 is 2.43 bits per heavy atom. The van der Waals surface area contributed by atoms with Crippen LogP contribution in [0.4, 0.5) is 5.69 Å². The highest BCUT2D eigenvalue weighted by atomic mass is 32.2. The number of amides is 1. The zero-order chi connectivity index (χ0) is 25.0. The normalized spacial score (nSPS) is 15.4. The van der Waals surface area contributed by atoms with E-state index in [0.717, 1.165) is 41.7 Å². The van der Waals surface area contributed by atoms with Gasteiger partial charge in [0.15, 0.2) is 0 Å². The van der Waals surface area contributed by atoms with E-state index in [4.69, 9.17) is 4.74 Å². The molecule has 184 valence electrons. The molecule has 1 amide bonds. The molecule has 0 spiro atoms. The van der Waals surface area contributed by atoms with E-state index in [0.29, 0.717) is 11.6 Å². The van der Waals surface area contributed by atoms with Crippen molar-refractivity contribution in [2.24, 2.45) is 0 Å². The largest absolute Gasteiger partial charge is 0.497 e. The van der Waals surface area contributed by atoms with Crippen molar-refractivity contribution in [2.45, 2.75) is 50.0 Å². The zero-order valence-corrected chi connectivity index (χ0v) is 21.2. The molecule has 0 bridgehead atoms. The summed E-state index contributed by atoms with van der Waals surface area (Å²) in [5.74, 6) is 0.767. The fourth-order valence-electron chi connectivity index (χ4n) is 4.50. The van der Waals surface area contributed by atoms with E-state index in [1.54, 1.807) is 49.6 Å². The minimum Gasteiger partial charge on any atom is -0.497 e. The van der Waals surface area contributed by atoms with Crippen molar-refractivity contribution in [3.05, 3.63) is 89.5 Å². The Morgan fingerprint density at radius 2 is 1.77 bits per heavy atom. The van der Waals surface area contributed by atoms with E-state index in [2.05, 4.69) is 19.2 Å². The lowest BCUT2D eigenvalue weighted by atomic mass is 9.87. The maximum absolute atomic E-state index is 13.6. The van der Waals surface area contributed by atoms with Gasteiger partial charge in [0.1, 0.15) is 12.3 Å². The number of anilines is 1. The van der Waals surface area contributed by atoms with Crippen molar-refractivity contribution in [1.29, 1.82) is 0 Å². The second kappa shape index (κ2) is 10.5. The fraction of sp³-hybridized carbons (Fsp3) is 0.321. The third kappa shape index (κ3) is 5.51. The van der Waals surface area contributed by atoms with E-state index < -0.39 is 10.0 Å². The molecule has 0 aliphatic heterocycles. The summed E-state index contributed by atoms with van der Waals surface area (Å²) in [6.45, 7) is 3.86. The van der Waals surface area contributed by atoms with Crippen LogP contribution in [0.1, 0.15) is 55.3 Å². The molecular formula is C28H32N2O4S. The summed E-state index contributed by atoms with van der Waals surface area (Å²) in [5, 5.41) is 3.08. The van der Waals surface area contributed by atoms with Gasteiger partial charge >= 0.3 is 0 Å². The minimum absolute atomic E-state index is 0.149. The second-order valence-electron chi connectivity index (χ2n) is 9.15. The van der Waals surface area contributed by atoms with Gasteiger partial charge in [0, 0.05) is 0 Å². The number of rotatable bonds is 8. The quantitative estimate of drug-likeness (QED) is 0.469. The first kappa shape index (κ1) is 24.8. The number of nitrogens with one attached hydrogen (secondary N) is 1. The average molecular weight is 493 g/mol. The van der Waals surface area contributed by atoms with Gasteiger partial charge in [-0.05, 0) is 78.3 Å². The number of hydrogen-bond donors (Lipinski definition) is 1. The number of sulfonamides is 1. The summed E-state index contributed by atoms with van der Waals surface area (Å²) in [4.78, 5) is 13.4. The van der Waals surface area contributed by atoms with Crippen molar-refractivity contribution in [2.75, 3.05) is 18.0 Å². The standard InChI is InChI=1S/C28H32N2O4S/c1-20(2)21-12-14-23(15-13-21)30(35(32,33)25-9-5-4-6-10-25)19-28(31)29-27-11-7-8-22-18-24(34-3)16-17-26(22)27/h4-6,9-10,12-18,20,27H,7-8,11,19H2,1-3H3,(H,29,31). The fourth-order valence-corrected chi connectivity index (χ4v) is 5.94. The van der Waals surface area contributed by atoms with Crippen molar-refractivity contribution < 1.29 is 17.9 Å². The van der Waals surface area contributed by atoms with Gasteiger partial charge < -0.3 is 10.1 Å². The van der Waals surface area contributed by atoms with Crippen LogP contribution in [0.5, 0.6) is 5.75 Å². The Morgan fingerprint density at radius 1 is 1.06 bits per heavy atom. The van der Waals surface area contributed by atoms with Crippen LogP contribution in [-0.4, -0.2) is 28.0 Å². The highest BCUT2D eigenvalue weighted by Gasteiger charge is 2.29. The number of methoxy groups -OCH3 is 1. The summed E-state index contributed by atoms with van der Waals surface area (Å²) in [6, 6.07) is 21.3. The average Bonchev–Trinajstić information content (AvgIpc) is 2.87. The number of carbonyl (C=O) groups is 1. The molecule has 7 heteroatoms. The molecule has 3 aromatic rings. The molecule has 1 aliphatic rings. The number of carbonyl (C=O) groups excluding carboxylic acids is 1. The Kier molecular flexibility index (Phi) is 7.45. The molecule has 0 radical (unpaired) electrons. The highest BCUT2D eigenvalue weighted by molar-refractivity contribution is 7.92. The Labute approximate surface area is 208 Å². The zero-order valence-electron chi connectivity index (χ0n) is 20.4. The van der Waals surface area contributed by atoms with E-state index in [1.165, 1.54) is 4.31 Å². The predicted molar refractivity (Wildman–Crippen MR) is 138 cm³/mol. The van der Waals surface area contributed by atoms with Crippen LogP contribution >= 0.6 is 0 Å². The molecule has 1 N–H and O–H groups in total. The van der Waals surface area contributed by atoms with Crippen LogP contribution in [0.2, 0.25) is 0 Å². The van der Waals surface area contributed by atoms with E-state index >= 15 is 0 Å². The topological polar surface area (TPSA) is 75.7 Å². The lowest BCUT2D eigenvalue weighted by Crippen LogP contribution is -2.42. The maximum atomic E-state index is 13.6. The number of aryl methyl sites for hydroxylation is 1. The monoisotopic (exact) mass is 492 g/mol. The summed E-state index contributed by atoms with van der Waals surface area (Å²) in [7, 11) is -2.30. The second-order valence-corrected chi connectivity index (χ2v) is 11.0. The van der Waals surface area contributed by atoms with Crippen LogP contribution in [0.25, 0.3) is 0 Å². The summed E-state index contributed by atoms with van der Waals surface area (Å²) >= 11 is 0. The van der Waals surface area contributed by atoms with Crippen molar-refractivity contribution in [1.82, 2.24) is 5.32 Å². The van der Waals surface area contributed by atoms with Gasteiger partial charge in [-0.15, -0.1) is 0 Å². The Bertz CT molecular complexity index is 1270. The molecule has 0 saturated carbocycles. The highest BCUT2D eigenvalue weighted by Crippen LogP contribution is 2.32. The number of fused-ring (bicyclic) bond motifs is 1. The molecule has 1 unspecified atom stereocenters. The molecule has 3 aromatic carbocycles. The Hall–Kier alpha value is -3.32. The number of hydrogen-bond acceptors (Lipinski definition) is 4. The lowest BCUT2D eigenvalue weighted by Gasteiger charge is -2.29. The molecule has 0 aromatic heterocycles. The van der Waals surface area contributed by atoms with Gasteiger partial charge in [-0.1, -0.05) is 50.2 Å². The van der Waals surface area contributed by atoms with Gasteiger partial charge in [-0.3, -0.25) is 9.10 Å². The van der Waals surface area contributed by atoms with E-state index in [1.807, 2.05) is 30.3 Å². The summed E-state index contributed by atoms with van der Waals surface area (Å²) in [6.07, 6.45) is 2.67. The Balaban J connectivity index is 1.61. The number of nitrogens with zero attached hydrogens (tertiary/aromatic N) is 1. The minimum atomic E-state index is -3.94. The van der Waals surface area contributed by atoms with Crippen LogP contribution in [0, 0.1) is 0 Å². The van der Waals surface area contributed by atoms with Crippen LogP contribution in [0.3, 0.4) is 0 Å². The van der Waals surface area contributed by atoms with Crippen LogP contribution in [-0.2, 0) is 21.2 Å². The van der Waals surface area contributed by atoms with Crippen LogP contribution < -0.4 is 14.4 Å². The molecule has 4 rings (SSSR count). The molecule has 0 heterocycles. The first-order valence-electron chi connectivity index (χ1n) is 11.9. The van der Waals surface area contributed by atoms with Gasteiger partial charge in [0.25, 0.3) is 10.0 Å². The molecule has 0 fully saturated rings. The van der Waals surface area contributed by atoms with E-state index in [9.17, 15) is 13.2 Å². The van der Waals surface area contributed by atoms with Crippen molar-refractivity contribution in [3.8, 4) is 5.75 Å². The third-order valence-corrected chi connectivity index (χ3v) is 8.25. The van der Waals surface area contributed by atoms with Gasteiger partial charge in [-0.25, -0.2) is 8.42 Å². The van der Waals surface area contributed by atoms with E-state index in [-0.39, 0.29) is 23.4 Å².